The van der Waals surface area contributed by atoms with Gasteiger partial charge in [-0.05, 0) is 36.1 Å². The van der Waals surface area contributed by atoms with Gasteiger partial charge in [0.15, 0.2) is 0 Å². The van der Waals surface area contributed by atoms with Crippen molar-refractivity contribution in [2.45, 2.75) is 25.9 Å². The molecule has 1 fully saturated rings. The molecular formula is C14H16N2O3. The first-order valence-electron chi connectivity index (χ1n) is 6.54. The Balaban J connectivity index is 1.76. The molecule has 3 rings (SSSR count). The van der Waals surface area contributed by atoms with Gasteiger partial charge in [-0.25, -0.2) is 9.59 Å². The van der Waals surface area contributed by atoms with Gasteiger partial charge in [0, 0.05) is 26.2 Å². The normalized spacial score (nSPS) is 17.7. The van der Waals surface area contributed by atoms with Crippen LogP contribution in [0.25, 0.3) is 0 Å². The van der Waals surface area contributed by atoms with Crippen LogP contribution in [-0.2, 0) is 13.1 Å². The highest BCUT2D eigenvalue weighted by Gasteiger charge is 2.28. The molecule has 0 bridgehead atoms. The molecule has 2 aliphatic heterocycles. The number of nitrogens with zero attached hydrogens (tertiary/aromatic N) is 2. The minimum Gasteiger partial charge on any atom is -0.478 e. The molecule has 2 amide bonds. The average Bonchev–Trinajstić information content (AvgIpc) is 3.06. The Hall–Kier alpha value is -2.04. The molecule has 0 spiro atoms. The van der Waals surface area contributed by atoms with E-state index in [-0.39, 0.29) is 11.6 Å². The number of hydrogen-bond acceptors (Lipinski definition) is 2. The van der Waals surface area contributed by atoms with Gasteiger partial charge in [-0.15, -0.1) is 0 Å². The molecule has 0 aromatic heterocycles. The van der Waals surface area contributed by atoms with Crippen molar-refractivity contribution in [3.8, 4) is 0 Å². The van der Waals surface area contributed by atoms with Gasteiger partial charge in [-0.3, -0.25) is 0 Å². The van der Waals surface area contributed by atoms with Gasteiger partial charge in [0.25, 0.3) is 0 Å². The molecule has 19 heavy (non-hydrogen) atoms. The number of hydrogen-bond donors (Lipinski definition) is 1. The Morgan fingerprint density at radius 2 is 1.68 bits per heavy atom. The fourth-order valence-corrected chi connectivity index (χ4v) is 2.77. The summed E-state index contributed by atoms with van der Waals surface area (Å²) < 4.78 is 0. The summed E-state index contributed by atoms with van der Waals surface area (Å²) in [5, 5.41) is 8.98. The molecule has 1 aromatic rings. The fraction of sp³-hybridized carbons (Fsp3) is 0.429. The summed E-state index contributed by atoms with van der Waals surface area (Å²) in [5.41, 5.74) is 2.29. The zero-order valence-electron chi connectivity index (χ0n) is 10.6. The van der Waals surface area contributed by atoms with Crippen molar-refractivity contribution in [2.24, 2.45) is 0 Å². The van der Waals surface area contributed by atoms with Crippen LogP contribution in [-0.4, -0.2) is 40.0 Å². The SMILES string of the molecule is O=C(O)c1ccc2c(c1)CN(C(=O)N1CCCC1)C2. The standard InChI is InChI=1S/C14H16N2O3/c17-13(18)10-3-4-11-8-16(9-12(11)7-10)14(19)15-5-1-2-6-15/h3-4,7H,1-2,5-6,8-9H2,(H,17,18). The van der Waals surface area contributed by atoms with E-state index in [0.717, 1.165) is 37.1 Å². The van der Waals surface area contributed by atoms with Gasteiger partial charge in [0.2, 0.25) is 0 Å². The van der Waals surface area contributed by atoms with Gasteiger partial charge >= 0.3 is 12.0 Å². The van der Waals surface area contributed by atoms with Crippen molar-refractivity contribution in [2.75, 3.05) is 13.1 Å². The lowest BCUT2D eigenvalue weighted by atomic mass is 10.1. The minimum atomic E-state index is -0.924. The third-order valence-corrected chi connectivity index (χ3v) is 3.82. The van der Waals surface area contributed by atoms with Crippen molar-refractivity contribution in [1.29, 1.82) is 0 Å². The third kappa shape index (κ3) is 2.16. The molecular weight excluding hydrogens is 244 g/mol. The predicted octanol–water partition coefficient (Wildman–Crippen LogP) is 1.92. The maximum absolute atomic E-state index is 12.3. The molecule has 0 radical (unpaired) electrons. The van der Waals surface area contributed by atoms with Gasteiger partial charge in [-0.1, -0.05) is 6.07 Å². The van der Waals surface area contributed by atoms with E-state index in [1.165, 1.54) is 0 Å². The number of amides is 2. The van der Waals surface area contributed by atoms with E-state index in [0.29, 0.717) is 13.1 Å². The molecule has 1 aromatic carbocycles. The Bertz CT molecular complexity index is 535. The number of benzene rings is 1. The second kappa shape index (κ2) is 4.57. The molecule has 0 unspecified atom stereocenters. The van der Waals surface area contributed by atoms with E-state index in [9.17, 15) is 9.59 Å². The number of rotatable bonds is 1. The molecule has 5 heteroatoms. The zero-order valence-corrected chi connectivity index (χ0v) is 10.6. The minimum absolute atomic E-state index is 0.0746. The summed E-state index contributed by atoms with van der Waals surface area (Å²) in [7, 11) is 0. The maximum atomic E-state index is 12.3. The van der Waals surface area contributed by atoms with Gasteiger partial charge < -0.3 is 14.9 Å². The quantitative estimate of drug-likeness (QED) is 0.839. The first-order valence-corrected chi connectivity index (χ1v) is 6.54. The molecule has 1 saturated heterocycles. The topological polar surface area (TPSA) is 60.9 Å². The number of likely N-dealkylation sites (tertiary alicyclic amines) is 1. The highest BCUT2D eigenvalue weighted by atomic mass is 16.4. The summed E-state index contributed by atoms with van der Waals surface area (Å²) in [6.45, 7) is 2.79. The smallest absolute Gasteiger partial charge is 0.335 e. The summed E-state index contributed by atoms with van der Waals surface area (Å²) in [6.07, 6.45) is 2.16. The first kappa shape index (κ1) is 12.0. The van der Waals surface area contributed by atoms with Gasteiger partial charge in [0.1, 0.15) is 0 Å². The number of carbonyl (C=O) groups excluding carboxylic acids is 1. The summed E-state index contributed by atoms with van der Waals surface area (Å²) in [5.74, 6) is -0.924. The van der Waals surface area contributed by atoms with Crippen LogP contribution >= 0.6 is 0 Å². The first-order chi connectivity index (χ1) is 9.15. The van der Waals surface area contributed by atoms with Crippen LogP contribution in [0.4, 0.5) is 4.79 Å². The second-order valence-corrected chi connectivity index (χ2v) is 5.12. The van der Waals surface area contributed by atoms with Gasteiger partial charge in [0.05, 0.1) is 5.56 Å². The van der Waals surface area contributed by atoms with E-state index in [1.54, 1.807) is 17.0 Å². The monoisotopic (exact) mass is 260 g/mol. The van der Waals surface area contributed by atoms with Gasteiger partial charge in [-0.2, -0.15) is 0 Å². The van der Waals surface area contributed by atoms with Crippen molar-refractivity contribution in [3.05, 3.63) is 34.9 Å². The van der Waals surface area contributed by atoms with E-state index in [2.05, 4.69) is 0 Å². The number of carboxylic acid groups (broad SMARTS) is 1. The lowest BCUT2D eigenvalue weighted by Crippen LogP contribution is -2.38. The van der Waals surface area contributed by atoms with Crippen LogP contribution in [0, 0.1) is 0 Å². The molecule has 2 heterocycles. The number of urea groups is 1. The number of aromatic carboxylic acids is 1. The van der Waals surface area contributed by atoms with Crippen LogP contribution in [0.15, 0.2) is 18.2 Å². The van der Waals surface area contributed by atoms with Crippen molar-refractivity contribution in [1.82, 2.24) is 9.80 Å². The molecule has 1 N–H and O–H groups in total. The lowest BCUT2D eigenvalue weighted by Gasteiger charge is -2.23. The van der Waals surface area contributed by atoms with Crippen LogP contribution in [0.5, 0.6) is 0 Å². The molecule has 100 valence electrons. The summed E-state index contributed by atoms with van der Waals surface area (Å²) in [6, 6.07) is 5.17. The van der Waals surface area contributed by atoms with E-state index in [1.807, 2.05) is 11.0 Å². The second-order valence-electron chi connectivity index (χ2n) is 5.12. The molecule has 0 saturated carbocycles. The fourth-order valence-electron chi connectivity index (χ4n) is 2.77. The van der Waals surface area contributed by atoms with E-state index < -0.39 is 5.97 Å². The Kier molecular flexibility index (Phi) is 2.89. The molecule has 0 aliphatic carbocycles. The number of carboxylic acids is 1. The third-order valence-electron chi connectivity index (χ3n) is 3.82. The average molecular weight is 260 g/mol. The van der Waals surface area contributed by atoms with Crippen molar-refractivity contribution in [3.63, 3.8) is 0 Å². The molecule has 2 aliphatic rings. The number of fused-ring (bicyclic) bond motifs is 1. The van der Waals surface area contributed by atoms with Crippen molar-refractivity contribution < 1.29 is 14.7 Å². The zero-order chi connectivity index (χ0) is 13.4. The van der Waals surface area contributed by atoms with Crippen LogP contribution in [0.1, 0.15) is 34.3 Å². The number of carbonyl (C=O) groups is 2. The largest absolute Gasteiger partial charge is 0.478 e. The predicted molar refractivity (Wildman–Crippen MR) is 68.9 cm³/mol. The molecule has 0 atom stereocenters. The Morgan fingerprint density at radius 3 is 2.37 bits per heavy atom. The highest BCUT2D eigenvalue weighted by molar-refractivity contribution is 5.88. The van der Waals surface area contributed by atoms with Crippen LogP contribution in [0.3, 0.4) is 0 Å². The lowest BCUT2D eigenvalue weighted by molar-refractivity contribution is 0.0696. The van der Waals surface area contributed by atoms with E-state index in [4.69, 9.17) is 5.11 Å². The highest BCUT2D eigenvalue weighted by Crippen LogP contribution is 2.25. The van der Waals surface area contributed by atoms with Crippen LogP contribution in [0.2, 0.25) is 0 Å². The van der Waals surface area contributed by atoms with E-state index >= 15 is 0 Å². The summed E-state index contributed by atoms with van der Waals surface area (Å²) >= 11 is 0. The Labute approximate surface area is 111 Å². The summed E-state index contributed by atoms with van der Waals surface area (Å²) in [4.78, 5) is 26.9. The van der Waals surface area contributed by atoms with Crippen molar-refractivity contribution >= 4 is 12.0 Å². The molecule has 5 nitrogen and oxygen atoms in total. The Morgan fingerprint density at radius 1 is 1.00 bits per heavy atom. The van der Waals surface area contributed by atoms with Crippen LogP contribution < -0.4 is 0 Å². The maximum Gasteiger partial charge on any atom is 0.335 e.